The van der Waals surface area contributed by atoms with Crippen LogP contribution in [0, 0.1) is 5.92 Å². The first kappa shape index (κ1) is 11.5. The Morgan fingerprint density at radius 3 is 3.17 bits per heavy atom. The molecule has 0 saturated carbocycles. The molecule has 0 aromatic carbocycles. The molecule has 0 aliphatic carbocycles. The molecule has 0 amide bonds. The second-order valence-corrected chi connectivity index (χ2v) is 5.08. The summed E-state index contributed by atoms with van der Waals surface area (Å²) in [5.74, 6) is 2.06. The summed E-state index contributed by atoms with van der Waals surface area (Å²) in [7, 11) is 0. The lowest BCUT2D eigenvalue weighted by molar-refractivity contribution is 0.341. The minimum atomic E-state index is 0.304. The van der Waals surface area contributed by atoms with Gasteiger partial charge in [0.2, 0.25) is 0 Å². The van der Waals surface area contributed by atoms with Gasteiger partial charge in [0.25, 0.3) is 0 Å². The molecule has 1 aliphatic heterocycles. The Bertz CT molecular complexity index is 549. The lowest BCUT2D eigenvalue weighted by Gasteiger charge is -2.12. The third-order valence-corrected chi connectivity index (χ3v) is 3.91. The van der Waals surface area contributed by atoms with E-state index in [2.05, 4.69) is 16.8 Å². The molecule has 3 rings (SSSR count). The quantitative estimate of drug-likeness (QED) is 0.898. The predicted octanol–water partition coefficient (Wildman–Crippen LogP) is 1.92. The highest BCUT2D eigenvalue weighted by atomic mass is 16.3. The van der Waals surface area contributed by atoms with E-state index in [9.17, 15) is 5.11 Å². The molecule has 0 spiro atoms. The van der Waals surface area contributed by atoms with Crippen molar-refractivity contribution < 1.29 is 5.11 Å². The number of fused-ring (bicyclic) bond motifs is 1. The number of hydrogen-bond acceptors (Lipinski definition) is 3. The van der Waals surface area contributed by atoms with Crippen molar-refractivity contribution in [1.29, 1.82) is 0 Å². The summed E-state index contributed by atoms with van der Waals surface area (Å²) in [6.07, 6.45) is 5.98. The second kappa shape index (κ2) is 4.61. The van der Waals surface area contributed by atoms with Crippen molar-refractivity contribution in [3.05, 3.63) is 30.4 Å². The molecule has 3 heterocycles. The average molecular weight is 245 g/mol. The predicted molar refractivity (Wildman–Crippen MR) is 70.8 cm³/mol. The Hall–Kier alpha value is -1.55. The zero-order valence-electron chi connectivity index (χ0n) is 10.7. The maximum atomic E-state index is 9.76. The highest BCUT2D eigenvalue weighted by Crippen LogP contribution is 2.23. The largest absolute Gasteiger partial charge is 0.506 e. The Morgan fingerprint density at radius 2 is 2.39 bits per heavy atom. The molecule has 2 aromatic rings. The molecule has 0 bridgehead atoms. The monoisotopic (exact) mass is 245 g/mol. The molecule has 1 aliphatic rings. The van der Waals surface area contributed by atoms with Gasteiger partial charge in [-0.1, -0.05) is 6.92 Å². The highest BCUT2D eigenvalue weighted by molar-refractivity contribution is 5.58. The first-order chi connectivity index (χ1) is 8.78. The van der Waals surface area contributed by atoms with Crippen molar-refractivity contribution in [2.24, 2.45) is 5.92 Å². The standard InChI is InChI=1S/C14H19N3O/c1-2-16-7-5-11(10-16)8-14-15-9-12-13(18)4-3-6-17(12)14/h3-4,6,9,11,18H,2,5,7-8,10H2,1H3. The van der Waals surface area contributed by atoms with E-state index in [1.807, 2.05) is 16.7 Å². The average Bonchev–Trinajstić information content (AvgIpc) is 2.98. The zero-order valence-corrected chi connectivity index (χ0v) is 10.7. The second-order valence-electron chi connectivity index (χ2n) is 5.08. The van der Waals surface area contributed by atoms with Crippen LogP contribution in [-0.4, -0.2) is 39.0 Å². The van der Waals surface area contributed by atoms with Crippen LogP contribution in [-0.2, 0) is 6.42 Å². The van der Waals surface area contributed by atoms with Gasteiger partial charge in [-0.05, 0) is 37.6 Å². The Balaban J connectivity index is 1.81. The topological polar surface area (TPSA) is 40.8 Å². The molecule has 1 fully saturated rings. The van der Waals surface area contributed by atoms with E-state index in [4.69, 9.17) is 0 Å². The van der Waals surface area contributed by atoms with Gasteiger partial charge in [0.05, 0.1) is 6.20 Å². The molecular weight excluding hydrogens is 226 g/mol. The van der Waals surface area contributed by atoms with E-state index < -0.39 is 0 Å². The number of aromatic nitrogens is 2. The molecule has 1 unspecified atom stereocenters. The molecule has 0 radical (unpaired) electrons. The maximum Gasteiger partial charge on any atom is 0.141 e. The lowest BCUT2D eigenvalue weighted by atomic mass is 10.0. The van der Waals surface area contributed by atoms with Crippen LogP contribution in [0.3, 0.4) is 0 Å². The van der Waals surface area contributed by atoms with E-state index in [-0.39, 0.29) is 0 Å². The van der Waals surface area contributed by atoms with Crippen LogP contribution < -0.4 is 0 Å². The van der Waals surface area contributed by atoms with E-state index in [1.54, 1.807) is 12.3 Å². The highest BCUT2D eigenvalue weighted by Gasteiger charge is 2.22. The molecule has 18 heavy (non-hydrogen) atoms. The van der Waals surface area contributed by atoms with Crippen LogP contribution in [0.5, 0.6) is 5.75 Å². The smallest absolute Gasteiger partial charge is 0.141 e. The number of rotatable bonds is 3. The van der Waals surface area contributed by atoms with Crippen LogP contribution in [0.2, 0.25) is 0 Å². The van der Waals surface area contributed by atoms with Crippen LogP contribution in [0.25, 0.3) is 5.52 Å². The van der Waals surface area contributed by atoms with Crippen LogP contribution in [0.1, 0.15) is 19.2 Å². The molecule has 96 valence electrons. The normalized spacial score (nSPS) is 20.8. The van der Waals surface area contributed by atoms with E-state index in [0.717, 1.165) is 24.3 Å². The number of aromatic hydroxyl groups is 1. The molecule has 1 saturated heterocycles. The van der Waals surface area contributed by atoms with Crippen LogP contribution >= 0.6 is 0 Å². The summed E-state index contributed by atoms with van der Waals surface area (Å²) in [5, 5.41) is 9.76. The summed E-state index contributed by atoms with van der Waals surface area (Å²) in [6.45, 7) is 5.73. The fraction of sp³-hybridized carbons (Fsp3) is 0.500. The van der Waals surface area contributed by atoms with Crippen LogP contribution in [0.4, 0.5) is 0 Å². The summed E-state index contributed by atoms with van der Waals surface area (Å²) in [6, 6.07) is 3.57. The lowest BCUT2D eigenvalue weighted by Crippen LogP contribution is -2.20. The van der Waals surface area contributed by atoms with Gasteiger partial charge in [-0.3, -0.25) is 0 Å². The minimum absolute atomic E-state index is 0.304. The van der Waals surface area contributed by atoms with Gasteiger partial charge in [0.1, 0.15) is 17.1 Å². The van der Waals surface area contributed by atoms with E-state index >= 15 is 0 Å². The van der Waals surface area contributed by atoms with Crippen molar-refractivity contribution in [2.75, 3.05) is 19.6 Å². The van der Waals surface area contributed by atoms with Crippen molar-refractivity contribution in [2.45, 2.75) is 19.8 Å². The molecule has 4 nitrogen and oxygen atoms in total. The fourth-order valence-corrected chi connectivity index (χ4v) is 2.84. The number of hydrogen-bond donors (Lipinski definition) is 1. The Labute approximate surface area is 107 Å². The number of likely N-dealkylation sites (tertiary alicyclic amines) is 1. The van der Waals surface area contributed by atoms with Crippen molar-refractivity contribution in [3.8, 4) is 5.75 Å². The summed E-state index contributed by atoms with van der Waals surface area (Å²) in [5.41, 5.74) is 0.804. The molecule has 1 N–H and O–H groups in total. The number of pyridine rings is 1. The van der Waals surface area contributed by atoms with Gasteiger partial charge >= 0.3 is 0 Å². The van der Waals surface area contributed by atoms with Crippen molar-refractivity contribution >= 4 is 5.52 Å². The van der Waals surface area contributed by atoms with Crippen molar-refractivity contribution in [3.63, 3.8) is 0 Å². The van der Waals surface area contributed by atoms with Gasteiger partial charge < -0.3 is 14.4 Å². The van der Waals surface area contributed by atoms with Gasteiger partial charge in [-0.2, -0.15) is 0 Å². The van der Waals surface area contributed by atoms with Gasteiger partial charge in [-0.25, -0.2) is 4.98 Å². The van der Waals surface area contributed by atoms with E-state index in [0.29, 0.717) is 11.7 Å². The summed E-state index contributed by atoms with van der Waals surface area (Å²) in [4.78, 5) is 6.94. The number of imidazole rings is 1. The molecule has 1 atom stereocenters. The zero-order chi connectivity index (χ0) is 12.5. The Kier molecular flexibility index (Phi) is 2.96. The first-order valence-electron chi connectivity index (χ1n) is 6.64. The summed E-state index contributed by atoms with van der Waals surface area (Å²) < 4.78 is 2.00. The third kappa shape index (κ3) is 1.97. The van der Waals surface area contributed by atoms with Gasteiger partial charge in [0.15, 0.2) is 0 Å². The van der Waals surface area contributed by atoms with Crippen LogP contribution in [0.15, 0.2) is 24.5 Å². The summed E-state index contributed by atoms with van der Waals surface area (Å²) >= 11 is 0. The number of nitrogens with zero attached hydrogens (tertiary/aromatic N) is 3. The Morgan fingerprint density at radius 1 is 1.50 bits per heavy atom. The van der Waals surface area contributed by atoms with E-state index in [1.165, 1.54) is 19.5 Å². The minimum Gasteiger partial charge on any atom is -0.506 e. The van der Waals surface area contributed by atoms with Crippen molar-refractivity contribution in [1.82, 2.24) is 14.3 Å². The fourth-order valence-electron chi connectivity index (χ4n) is 2.84. The maximum absolute atomic E-state index is 9.76. The molecule has 4 heteroatoms. The first-order valence-corrected chi connectivity index (χ1v) is 6.64. The third-order valence-electron chi connectivity index (χ3n) is 3.91. The SMILES string of the molecule is CCN1CCC(Cc2ncc3c(O)cccn23)C1. The molecular formula is C14H19N3O. The van der Waals surface area contributed by atoms with Gasteiger partial charge in [0, 0.05) is 19.2 Å². The molecule has 2 aromatic heterocycles. The van der Waals surface area contributed by atoms with Gasteiger partial charge in [-0.15, -0.1) is 0 Å².